The molecule has 0 unspecified atom stereocenters. The van der Waals surface area contributed by atoms with Gasteiger partial charge in [0, 0.05) is 29.9 Å². The first-order chi connectivity index (χ1) is 12.8. The fourth-order valence-corrected chi connectivity index (χ4v) is 3.15. The van der Waals surface area contributed by atoms with Crippen LogP contribution in [0.1, 0.15) is 21.9 Å². The minimum atomic E-state index is -1.36. The monoisotopic (exact) mass is 364 g/mol. The summed E-state index contributed by atoms with van der Waals surface area (Å²) in [6, 6.07) is 8.88. The zero-order valence-electron chi connectivity index (χ0n) is 14.9. The number of carboxylic acid groups (broad SMARTS) is 1. The Morgan fingerprint density at radius 3 is 2.37 bits per heavy atom. The second-order valence-electron chi connectivity index (χ2n) is 6.29. The Hall–Kier alpha value is -3.55. The molecule has 3 aromatic heterocycles. The van der Waals surface area contributed by atoms with Crippen molar-refractivity contribution < 1.29 is 14.3 Å². The zero-order chi connectivity index (χ0) is 19.3. The summed E-state index contributed by atoms with van der Waals surface area (Å²) < 4.78 is 16.1. The van der Waals surface area contributed by atoms with E-state index in [0.29, 0.717) is 22.6 Å². The first-order valence-electron chi connectivity index (χ1n) is 8.24. The van der Waals surface area contributed by atoms with Crippen LogP contribution in [0.2, 0.25) is 0 Å². The minimum absolute atomic E-state index is 0.119. The molecule has 4 aromatic rings. The number of rotatable bonds is 3. The van der Waals surface area contributed by atoms with Crippen molar-refractivity contribution in [2.24, 2.45) is 7.05 Å². The first kappa shape index (κ1) is 16.9. The van der Waals surface area contributed by atoms with E-state index in [1.54, 1.807) is 22.9 Å². The average Bonchev–Trinajstić information content (AvgIpc) is 3.15. The van der Waals surface area contributed by atoms with E-state index in [-0.39, 0.29) is 11.5 Å². The Bertz CT molecular complexity index is 1190. The highest BCUT2D eigenvalue weighted by Crippen LogP contribution is 2.28. The number of hydrogen-bond acceptors (Lipinski definition) is 5. The largest absolute Gasteiger partial charge is 0.543 e. The molecule has 3 heterocycles. The third-order valence-corrected chi connectivity index (χ3v) is 4.54. The molecule has 0 aliphatic rings. The van der Waals surface area contributed by atoms with Crippen LogP contribution < -0.4 is 5.11 Å². The van der Waals surface area contributed by atoms with Crippen molar-refractivity contribution in [3.8, 4) is 22.5 Å². The maximum Gasteiger partial charge on any atom is 0.157 e. The van der Waals surface area contributed by atoms with Gasteiger partial charge in [0.2, 0.25) is 0 Å². The fraction of sp³-hybridized carbons (Fsp3) is 0.158. The molecule has 0 saturated carbocycles. The van der Waals surface area contributed by atoms with E-state index in [1.165, 1.54) is 22.7 Å². The predicted octanol–water partition coefficient (Wildman–Crippen LogP) is 1.92. The zero-order valence-corrected chi connectivity index (χ0v) is 14.9. The Balaban J connectivity index is 1.96. The highest BCUT2D eigenvalue weighted by atomic mass is 19.1. The van der Waals surface area contributed by atoms with Crippen LogP contribution in [-0.4, -0.2) is 30.3 Å². The van der Waals surface area contributed by atoms with Gasteiger partial charge in [-0.25, -0.2) is 13.9 Å². The van der Waals surface area contributed by atoms with Crippen molar-refractivity contribution in [3.05, 3.63) is 59.3 Å². The summed E-state index contributed by atoms with van der Waals surface area (Å²) in [5, 5.41) is 20.4. The van der Waals surface area contributed by atoms with Gasteiger partial charge in [-0.3, -0.25) is 4.68 Å². The Morgan fingerprint density at radius 1 is 1.07 bits per heavy atom. The van der Waals surface area contributed by atoms with Gasteiger partial charge < -0.3 is 9.90 Å². The molecule has 1 aromatic carbocycles. The van der Waals surface area contributed by atoms with Gasteiger partial charge in [-0.05, 0) is 44.2 Å². The number of nitrogens with zero attached hydrogens (tertiary/aromatic N) is 5. The predicted molar refractivity (Wildman–Crippen MR) is 94.4 cm³/mol. The summed E-state index contributed by atoms with van der Waals surface area (Å²) >= 11 is 0. The molecular formula is C19H15FN5O2-. The Labute approximate surface area is 153 Å². The van der Waals surface area contributed by atoms with Gasteiger partial charge in [-0.15, -0.1) is 0 Å². The van der Waals surface area contributed by atoms with Crippen LogP contribution in [0.15, 0.2) is 36.4 Å². The number of carbonyl (C=O) groups is 1. The molecule has 0 N–H and O–H groups in total. The van der Waals surface area contributed by atoms with Crippen molar-refractivity contribution >= 4 is 11.6 Å². The molecule has 0 saturated heterocycles. The number of fused-ring (bicyclic) bond motifs is 1. The summed E-state index contributed by atoms with van der Waals surface area (Å²) in [7, 11) is 1.81. The molecule has 0 aliphatic carbocycles. The van der Waals surface area contributed by atoms with Crippen LogP contribution in [0, 0.1) is 19.7 Å². The summed E-state index contributed by atoms with van der Waals surface area (Å²) in [5.74, 6) is -1.72. The van der Waals surface area contributed by atoms with Gasteiger partial charge >= 0.3 is 0 Å². The second-order valence-corrected chi connectivity index (χ2v) is 6.29. The lowest BCUT2D eigenvalue weighted by molar-refractivity contribution is -0.255. The van der Waals surface area contributed by atoms with Crippen molar-refractivity contribution in [1.82, 2.24) is 24.4 Å². The molecule has 0 bridgehead atoms. The normalized spacial score (nSPS) is 11.3. The number of halogens is 1. The van der Waals surface area contributed by atoms with E-state index in [4.69, 9.17) is 0 Å². The van der Waals surface area contributed by atoms with E-state index >= 15 is 0 Å². The summed E-state index contributed by atoms with van der Waals surface area (Å²) in [6.45, 7) is 3.73. The van der Waals surface area contributed by atoms with E-state index in [2.05, 4.69) is 15.2 Å². The van der Waals surface area contributed by atoms with Crippen LogP contribution in [0.5, 0.6) is 0 Å². The van der Waals surface area contributed by atoms with Crippen LogP contribution in [-0.2, 0) is 7.05 Å². The standard InChI is InChI=1S/C19H16FN5O2/c1-10-18(11(2)24(3)22-10)15-8-16(19(26)27)25-17(21-15)9-14(23-25)12-4-6-13(20)7-5-12/h4-9H,1-3H3,(H,26,27)/p-1. The SMILES string of the molecule is Cc1nn(C)c(C)c1-c1cc(C(=O)[O-])n2nc(-c3ccc(F)cc3)cc2n1. The van der Waals surface area contributed by atoms with E-state index < -0.39 is 5.97 Å². The highest BCUT2D eigenvalue weighted by molar-refractivity contribution is 5.87. The first-order valence-corrected chi connectivity index (χ1v) is 8.24. The van der Waals surface area contributed by atoms with Gasteiger partial charge in [-0.2, -0.15) is 10.2 Å². The van der Waals surface area contributed by atoms with Crippen molar-refractivity contribution in [1.29, 1.82) is 0 Å². The Kier molecular flexibility index (Phi) is 3.76. The molecule has 8 heteroatoms. The van der Waals surface area contributed by atoms with Gasteiger partial charge in [0.1, 0.15) is 5.82 Å². The number of aryl methyl sites for hydroxylation is 2. The molecule has 0 radical (unpaired) electrons. The number of benzene rings is 1. The van der Waals surface area contributed by atoms with Crippen LogP contribution in [0.4, 0.5) is 4.39 Å². The smallest absolute Gasteiger partial charge is 0.157 e. The molecule has 0 atom stereocenters. The number of carbonyl (C=O) groups excluding carboxylic acids is 1. The van der Waals surface area contributed by atoms with Gasteiger partial charge in [-0.1, -0.05) is 0 Å². The molecule has 0 amide bonds. The Morgan fingerprint density at radius 2 is 1.78 bits per heavy atom. The lowest BCUT2D eigenvalue weighted by Crippen LogP contribution is -2.25. The van der Waals surface area contributed by atoms with Gasteiger partial charge in [0.15, 0.2) is 5.65 Å². The molecule has 4 rings (SSSR count). The molecule has 7 nitrogen and oxygen atoms in total. The van der Waals surface area contributed by atoms with Crippen molar-refractivity contribution in [2.45, 2.75) is 13.8 Å². The average molecular weight is 364 g/mol. The fourth-order valence-electron chi connectivity index (χ4n) is 3.15. The van der Waals surface area contributed by atoms with Crippen LogP contribution in [0.3, 0.4) is 0 Å². The topological polar surface area (TPSA) is 88.1 Å². The highest BCUT2D eigenvalue weighted by Gasteiger charge is 2.17. The maximum atomic E-state index is 13.2. The number of hydrogen-bond donors (Lipinski definition) is 0. The van der Waals surface area contributed by atoms with Crippen LogP contribution >= 0.6 is 0 Å². The number of aromatic carboxylic acids is 1. The second kappa shape index (κ2) is 6.01. The van der Waals surface area contributed by atoms with E-state index in [1.807, 2.05) is 20.9 Å². The summed E-state index contributed by atoms with van der Waals surface area (Å²) in [5.41, 5.74) is 4.24. The van der Waals surface area contributed by atoms with E-state index in [0.717, 1.165) is 17.0 Å². The molecule has 136 valence electrons. The number of aromatic nitrogens is 5. The third-order valence-electron chi connectivity index (χ3n) is 4.54. The lowest BCUT2D eigenvalue weighted by Gasteiger charge is -2.09. The van der Waals surface area contributed by atoms with Gasteiger partial charge in [0.25, 0.3) is 0 Å². The molecule has 0 fully saturated rings. The summed E-state index contributed by atoms with van der Waals surface area (Å²) in [6.07, 6.45) is 0. The van der Waals surface area contributed by atoms with Crippen LogP contribution in [0.25, 0.3) is 28.2 Å². The van der Waals surface area contributed by atoms with Gasteiger partial charge in [0.05, 0.1) is 28.7 Å². The lowest BCUT2D eigenvalue weighted by atomic mass is 10.1. The van der Waals surface area contributed by atoms with E-state index in [9.17, 15) is 14.3 Å². The minimum Gasteiger partial charge on any atom is -0.543 e. The number of carboxylic acids is 1. The molecule has 27 heavy (non-hydrogen) atoms. The third kappa shape index (κ3) is 2.75. The van der Waals surface area contributed by atoms with Crippen molar-refractivity contribution in [3.63, 3.8) is 0 Å². The molecular weight excluding hydrogens is 349 g/mol. The summed E-state index contributed by atoms with van der Waals surface area (Å²) in [4.78, 5) is 16.3. The molecule has 0 spiro atoms. The van der Waals surface area contributed by atoms with Crippen molar-refractivity contribution in [2.75, 3.05) is 0 Å². The quantitative estimate of drug-likeness (QED) is 0.554. The maximum absolute atomic E-state index is 13.2. The molecule has 0 aliphatic heterocycles.